The van der Waals surface area contributed by atoms with Gasteiger partial charge >= 0.3 is 12.4 Å². The van der Waals surface area contributed by atoms with Crippen molar-refractivity contribution in [2.45, 2.75) is 25.2 Å². The first-order valence-electron chi connectivity index (χ1n) is 8.09. The van der Waals surface area contributed by atoms with Crippen molar-refractivity contribution in [1.29, 1.82) is 0 Å². The van der Waals surface area contributed by atoms with Gasteiger partial charge in [0.05, 0.1) is 20.6 Å². The fourth-order valence-electron chi connectivity index (χ4n) is 2.68. The molecule has 2 aromatic carbocycles. The van der Waals surface area contributed by atoms with E-state index >= 15 is 0 Å². The predicted octanol–water partition coefficient (Wildman–Crippen LogP) is 9.36. The number of hydrogen-bond donors (Lipinski definition) is 0. The van der Waals surface area contributed by atoms with Crippen LogP contribution in [0.1, 0.15) is 35.1 Å². The smallest absolute Gasteiger partial charge is 0.207 e. The molecule has 1 unspecified atom stereocenters. The minimum Gasteiger partial charge on any atom is -0.207 e. The number of halogens is 10. The SMILES string of the molecule is C=C(C)c1ccc(/C(F)=C/C(c2cc(Cl)c(Cl)c(Cl)c2)C(F)(F)F)cc1C(F)(F)F. The Morgan fingerprint density at radius 3 is 1.93 bits per heavy atom. The van der Waals surface area contributed by atoms with Crippen LogP contribution in [0.4, 0.5) is 30.7 Å². The standard InChI is InChI=1S/C20H12Cl3F7/c1-9(2)12-4-3-10(5-14(12)20(28,29)30)17(24)8-13(19(25,26)27)11-6-15(21)18(23)16(22)7-11/h3-8,13H,1H2,2H3/b17-8-. The van der Waals surface area contributed by atoms with E-state index in [2.05, 4.69) is 6.58 Å². The van der Waals surface area contributed by atoms with E-state index in [9.17, 15) is 30.7 Å². The Morgan fingerprint density at radius 1 is 0.967 bits per heavy atom. The van der Waals surface area contributed by atoms with Crippen molar-refractivity contribution >= 4 is 46.2 Å². The van der Waals surface area contributed by atoms with Gasteiger partial charge in [-0.15, -0.1) is 0 Å². The molecule has 0 aromatic heterocycles. The van der Waals surface area contributed by atoms with E-state index in [4.69, 9.17) is 34.8 Å². The summed E-state index contributed by atoms with van der Waals surface area (Å²) in [5.41, 5.74) is -2.63. The molecule has 0 N–H and O–H groups in total. The van der Waals surface area contributed by atoms with Crippen LogP contribution in [-0.4, -0.2) is 6.18 Å². The maximum absolute atomic E-state index is 14.7. The van der Waals surface area contributed by atoms with Crippen molar-refractivity contribution in [2.24, 2.45) is 0 Å². The lowest BCUT2D eigenvalue weighted by molar-refractivity contribution is -0.140. The second-order valence-corrected chi connectivity index (χ2v) is 7.56. The third-order valence-electron chi connectivity index (χ3n) is 4.09. The van der Waals surface area contributed by atoms with E-state index < -0.39 is 40.8 Å². The predicted molar refractivity (Wildman–Crippen MR) is 106 cm³/mol. The largest absolute Gasteiger partial charge is 0.417 e. The van der Waals surface area contributed by atoms with Crippen LogP contribution in [0.25, 0.3) is 11.4 Å². The molecular formula is C20H12Cl3F7. The van der Waals surface area contributed by atoms with E-state index in [1.807, 2.05) is 0 Å². The number of allylic oxidation sites excluding steroid dienone is 2. The van der Waals surface area contributed by atoms with Crippen LogP contribution in [0.3, 0.4) is 0 Å². The summed E-state index contributed by atoms with van der Waals surface area (Å²) in [6, 6.07) is 4.06. The minimum atomic E-state index is -4.98. The Labute approximate surface area is 182 Å². The molecule has 0 aliphatic heterocycles. The molecule has 10 heteroatoms. The lowest BCUT2D eigenvalue weighted by Gasteiger charge is -2.19. The van der Waals surface area contributed by atoms with Crippen molar-refractivity contribution in [3.8, 4) is 0 Å². The third-order valence-corrected chi connectivity index (χ3v) is 5.29. The Balaban J connectivity index is 2.62. The highest BCUT2D eigenvalue weighted by atomic mass is 35.5. The second-order valence-electron chi connectivity index (χ2n) is 6.37. The quantitative estimate of drug-likeness (QED) is 0.295. The van der Waals surface area contributed by atoms with Gasteiger partial charge in [0.15, 0.2) is 0 Å². The molecule has 0 heterocycles. The van der Waals surface area contributed by atoms with Crippen LogP contribution in [-0.2, 0) is 6.18 Å². The summed E-state index contributed by atoms with van der Waals surface area (Å²) >= 11 is 17.2. The number of rotatable bonds is 4. The van der Waals surface area contributed by atoms with Crippen molar-refractivity contribution in [2.75, 3.05) is 0 Å². The van der Waals surface area contributed by atoms with Gasteiger partial charge in [0.2, 0.25) is 0 Å². The molecule has 30 heavy (non-hydrogen) atoms. The topological polar surface area (TPSA) is 0 Å². The molecule has 0 saturated heterocycles. The van der Waals surface area contributed by atoms with E-state index in [1.54, 1.807) is 0 Å². The average molecular weight is 492 g/mol. The Hall–Kier alpha value is -1.70. The van der Waals surface area contributed by atoms with Gasteiger partial charge in [0.1, 0.15) is 11.7 Å². The molecule has 162 valence electrons. The summed E-state index contributed by atoms with van der Waals surface area (Å²) in [5, 5.41) is -0.752. The number of hydrogen-bond acceptors (Lipinski definition) is 0. The summed E-state index contributed by atoms with van der Waals surface area (Å²) in [6.07, 6.45) is -9.68. The molecular weight excluding hydrogens is 480 g/mol. The van der Waals surface area contributed by atoms with Gasteiger partial charge in [-0.1, -0.05) is 59.1 Å². The van der Waals surface area contributed by atoms with Gasteiger partial charge in [0, 0.05) is 5.56 Å². The molecule has 0 amide bonds. The highest BCUT2D eigenvalue weighted by Crippen LogP contribution is 2.43. The lowest BCUT2D eigenvalue weighted by atomic mass is 9.94. The maximum atomic E-state index is 14.7. The number of benzene rings is 2. The molecule has 0 radical (unpaired) electrons. The zero-order valence-corrected chi connectivity index (χ0v) is 17.3. The second kappa shape index (κ2) is 8.81. The molecule has 2 aromatic rings. The van der Waals surface area contributed by atoms with Gasteiger partial charge in [-0.05, 0) is 42.3 Å². The first kappa shape index (κ1) is 24.6. The summed E-state index contributed by atoms with van der Waals surface area (Å²) in [6.45, 7) is 4.75. The van der Waals surface area contributed by atoms with Crippen LogP contribution in [0.2, 0.25) is 15.1 Å². The first-order valence-corrected chi connectivity index (χ1v) is 9.22. The molecule has 1 atom stereocenters. The van der Waals surface area contributed by atoms with Crippen molar-refractivity contribution in [3.63, 3.8) is 0 Å². The third kappa shape index (κ3) is 5.50. The maximum Gasteiger partial charge on any atom is 0.417 e. The van der Waals surface area contributed by atoms with Crippen molar-refractivity contribution in [1.82, 2.24) is 0 Å². The Bertz CT molecular complexity index is 981. The van der Waals surface area contributed by atoms with E-state index in [0.29, 0.717) is 6.07 Å². The van der Waals surface area contributed by atoms with Gasteiger partial charge in [-0.25, -0.2) is 4.39 Å². The molecule has 0 saturated carbocycles. The average Bonchev–Trinajstić information content (AvgIpc) is 2.61. The highest BCUT2D eigenvalue weighted by Gasteiger charge is 2.40. The zero-order valence-electron chi connectivity index (χ0n) is 15.0. The van der Waals surface area contributed by atoms with Gasteiger partial charge in [0.25, 0.3) is 0 Å². The molecule has 0 spiro atoms. The molecule has 0 fully saturated rings. The van der Waals surface area contributed by atoms with Gasteiger partial charge < -0.3 is 0 Å². The van der Waals surface area contributed by atoms with E-state index in [-0.39, 0.29) is 32.3 Å². The van der Waals surface area contributed by atoms with Crippen molar-refractivity contribution in [3.05, 3.63) is 80.3 Å². The highest BCUT2D eigenvalue weighted by molar-refractivity contribution is 6.48. The lowest BCUT2D eigenvalue weighted by Crippen LogP contribution is -2.19. The summed E-state index contributed by atoms with van der Waals surface area (Å²) in [4.78, 5) is 0. The molecule has 0 bridgehead atoms. The molecule has 0 aliphatic carbocycles. The summed E-state index contributed by atoms with van der Waals surface area (Å²) in [7, 11) is 0. The van der Waals surface area contributed by atoms with Crippen LogP contribution in [0, 0.1) is 0 Å². The normalized spacial score (nSPS) is 14.0. The molecule has 0 nitrogen and oxygen atoms in total. The van der Waals surface area contributed by atoms with Crippen LogP contribution in [0.5, 0.6) is 0 Å². The van der Waals surface area contributed by atoms with Crippen molar-refractivity contribution < 1.29 is 30.7 Å². The minimum absolute atomic E-state index is 0.0666. The van der Waals surface area contributed by atoms with E-state index in [1.165, 1.54) is 6.92 Å². The van der Waals surface area contributed by atoms with Gasteiger partial charge in [-0.3, -0.25) is 0 Å². The molecule has 2 rings (SSSR count). The van der Waals surface area contributed by atoms with Crippen LogP contribution in [0.15, 0.2) is 43.0 Å². The Kier molecular flexibility index (Phi) is 7.21. The van der Waals surface area contributed by atoms with Gasteiger partial charge in [-0.2, -0.15) is 26.3 Å². The summed E-state index contributed by atoms with van der Waals surface area (Å²) < 4.78 is 95.2. The fourth-order valence-corrected chi connectivity index (χ4v) is 3.29. The first-order chi connectivity index (χ1) is 13.6. The molecule has 0 aliphatic rings. The van der Waals surface area contributed by atoms with Crippen LogP contribution < -0.4 is 0 Å². The van der Waals surface area contributed by atoms with E-state index in [0.717, 1.165) is 24.3 Å². The van der Waals surface area contributed by atoms with Crippen LogP contribution >= 0.6 is 34.8 Å². The number of alkyl halides is 6. The summed E-state index contributed by atoms with van der Waals surface area (Å²) in [5.74, 6) is -4.03. The Morgan fingerprint density at radius 2 is 1.50 bits per heavy atom. The fraction of sp³-hybridized carbons (Fsp3) is 0.200. The zero-order chi connectivity index (χ0) is 23.0. The monoisotopic (exact) mass is 490 g/mol.